The maximum Gasteiger partial charge on any atom is 0.262 e. The van der Waals surface area contributed by atoms with Gasteiger partial charge in [0.25, 0.3) is 5.52 Å². The average molecular weight is 320 g/mol. The van der Waals surface area contributed by atoms with Gasteiger partial charge in [-0.2, -0.15) is 0 Å². The molecule has 24 heavy (non-hydrogen) atoms. The Morgan fingerprint density at radius 3 is 2.58 bits per heavy atom. The molecule has 4 heteroatoms. The standard InChI is InChI=1S/C20H22N3O/c1-5-13-12-17-19-15(10-11-23(17)21-16(13)6-2)14-8-7-9-18(24-4)20(14)22(19)3/h7-12H,5-6H2,1-4H3/q+1. The lowest BCUT2D eigenvalue weighted by Crippen LogP contribution is -2.29. The van der Waals surface area contributed by atoms with Crippen LogP contribution in [-0.2, 0) is 19.9 Å². The summed E-state index contributed by atoms with van der Waals surface area (Å²) in [5, 5.41) is 7.29. The molecule has 0 amide bonds. The van der Waals surface area contributed by atoms with E-state index < -0.39 is 0 Å². The molecule has 0 aliphatic heterocycles. The Bertz CT molecular complexity index is 1080. The van der Waals surface area contributed by atoms with Gasteiger partial charge in [-0.15, -0.1) is 0 Å². The van der Waals surface area contributed by atoms with Gasteiger partial charge < -0.3 is 9.30 Å². The molecule has 0 unspecified atom stereocenters. The van der Waals surface area contributed by atoms with Crippen LogP contribution >= 0.6 is 0 Å². The topological polar surface area (TPSA) is 31.2 Å². The number of pyridine rings is 1. The highest BCUT2D eigenvalue weighted by Crippen LogP contribution is 2.34. The van der Waals surface area contributed by atoms with Crippen LogP contribution in [0.1, 0.15) is 25.1 Å². The summed E-state index contributed by atoms with van der Waals surface area (Å²) in [6.45, 7) is 4.35. The Hall–Kier alpha value is -2.62. The molecule has 4 nitrogen and oxygen atoms in total. The Balaban J connectivity index is 2.22. The second-order valence-electron chi connectivity index (χ2n) is 6.15. The summed E-state index contributed by atoms with van der Waals surface area (Å²) >= 11 is 0. The van der Waals surface area contributed by atoms with Crippen molar-refractivity contribution in [3.63, 3.8) is 0 Å². The van der Waals surface area contributed by atoms with E-state index in [0.717, 1.165) is 29.6 Å². The molecule has 0 saturated carbocycles. The highest BCUT2D eigenvalue weighted by Gasteiger charge is 2.20. The van der Waals surface area contributed by atoms with Crippen molar-refractivity contribution in [1.29, 1.82) is 0 Å². The minimum absolute atomic E-state index is 0.901. The first-order chi connectivity index (χ1) is 11.7. The number of hydrogen-bond donors (Lipinski definition) is 0. The van der Waals surface area contributed by atoms with Crippen molar-refractivity contribution in [1.82, 2.24) is 9.67 Å². The molecule has 0 bridgehead atoms. The summed E-state index contributed by atoms with van der Waals surface area (Å²) in [5.74, 6) is 0.901. The zero-order chi connectivity index (χ0) is 16.8. The monoisotopic (exact) mass is 320 g/mol. The largest absolute Gasteiger partial charge is 0.495 e. The number of methoxy groups -OCH3 is 1. The highest BCUT2D eigenvalue weighted by atomic mass is 16.5. The van der Waals surface area contributed by atoms with Crippen LogP contribution in [0, 0.1) is 0 Å². The van der Waals surface area contributed by atoms with E-state index in [1.54, 1.807) is 7.11 Å². The van der Waals surface area contributed by atoms with Gasteiger partial charge in [-0.3, -0.25) is 0 Å². The lowest BCUT2D eigenvalue weighted by Gasteiger charge is -2.05. The molecular weight excluding hydrogens is 298 g/mol. The molecule has 1 aromatic carbocycles. The first-order valence-corrected chi connectivity index (χ1v) is 8.48. The van der Waals surface area contributed by atoms with E-state index in [2.05, 4.69) is 49.9 Å². The van der Waals surface area contributed by atoms with Crippen LogP contribution in [-0.4, -0.2) is 16.8 Å². The first-order valence-electron chi connectivity index (χ1n) is 8.48. The fraction of sp³-hybridized carbons (Fsp3) is 0.300. The van der Waals surface area contributed by atoms with Crippen LogP contribution in [0.15, 0.2) is 36.5 Å². The number of para-hydroxylation sites is 1. The predicted molar refractivity (Wildman–Crippen MR) is 96.7 cm³/mol. The Morgan fingerprint density at radius 2 is 1.88 bits per heavy atom. The van der Waals surface area contributed by atoms with Crippen molar-refractivity contribution in [3.8, 4) is 5.75 Å². The summed E-state index contributed by atoms with van der Waals surface area (Å²) < 4.78 is 9.82. The summed E-state index contributed by atoms with van der Waals surface area (Å²) in [4.78, 5) is 0. The normalized spacial score (nSPS) is 11.7. The van der Waals surface area contributed by atoms with Gasteiger partial charge in [-0.1, -0.05) is 30.5 Å². The molecule has 0 radical (unpaired) electrons. The van der Waals surface area contributed by atoms with Crippen molar-refractivity contribution >= 4 is 27.3 Å². The first kappa shape index (κ1) is 14.9. The summed E-state index contributed by atoms with van der Waals surface area (Å²) in [6, 6.07) is 10.7. The molecule has 4 rings (SSSR count). The van der Waals surface area contributed by atoms with E-state index in [0.29, 0.717) is 0 Å². The molecule has 0 spiro atoms. The zero-order valence-corrected chi connectivity index (χ0v) is 14.6. The van der Waals surface area contributed by atoms with Crippen molar-refractivity contribution < 1.29 is 9.25 Å². The number of aryl methyl sites for hydroxylation is 3. The second kappa shape index (κ2) is 5.48. The number of hydrogen-bond acceptors (Lipinski definition) is 2. The van der Waals surface area contributed by atoms with Crippen molar-refractivity contribution in [2.24, 2.45) is 7.05 Å². The molecule has 0 fully saturated rings. The molecule has 0 aliphatic carbocycles. The van der Waals surface area contributed by atoms with E-state index in [4.69, 9.17) is 9.84 Å². The van der Waals surface area contributed by atoms with Crippen molar-refractivity contribution in [3.05, 3.63) is 47.8 Å². The number of fused-ring (bicyclic) bond motifs is 5. The zero-order valence-electron chi connectivity index (χ0n) is 14.6. The average Bonchev–Trinajstić information content (AvgIpc) is 2.93. The van der Waals surface area contributed by atoms with Crippen LogP contribution in [0.2, 0.25) is 0 Å². The Morgan fingerprint density at radius 1 is 1.08 bits per heavy atom. The van der Waals surface area contributed by atoms with Crippen molar-refractivity contribution in [2.75, 3.05) is 7.11 Å². The van der Waals surface area contributed by atoms with Crippen LogP contribution < -0.4 is 9.25 Å². The van der Waals surface area contributed by atoms with E-state index in [9.17, 15) is 0 Å². The maximum absolute atomic E-state index is 5.59. The van der Waals surface area contributed by atoms with Gasteiger partial charge in [0.05, 0.1) is 12.6 Å². The molecule has 3 heterocycles. The third-order valence-corrected chi connectivity index (χ3v) is 4.93. The third kappa shape index (κ3) is 1.92. The van der Waals surface area contributed by atoms with E-state index in [-0.39, 0.29) is 0 Å². The number of aromatic nitrogens is 3. The predicted octanol–water partition coefficient (Wildman–Crippen LogP) is 3.60. The van der Waals surface area contributed by atoms with Crippen LogP contribution in [0.25, 0.3) is 27.3 Å². The molecule has 3 aromatic heterocycles. The molecular formula is C20H22N3O+. The molecule has 0 atom stereocenters. The van der Waals surface area contributed by atoms with E-state index >= 15 is 0 Å². The minimum Gasteiger partial charge on any atom is -0.495 e. The summed E-state index contributed by atoms with van der Waals surface area (Å²) in [7, 11) is 3.83. The Labute approximate surface area is 141 Å². The number of nitrogens with zero attached hydrogens (tertiary/aromatic N) is 3. The van der Waals surface area contributed by atoms with Gasteiger partial charge in [0.2, 0.25) is 6.20 Å². The molecule has 0 saturated heterocycles. The van der Waals surface area contributed by atoms with Gasteiger partial charge >= 0.3 is 0 Å². The van der Waals surface area contributed by atoms with Gasteiger partial charge in [-0.05, 0) is 24.5 Å². The van der Waals surface area contributed by atoms with Crippen LogP contribution in [0.5, 0.6) is 5.75 Å². The van der Waals surface area contributed by atoms with Crippen LogP contribution in [0.4, 0.5) is 0 Å². The van der Waals surface area contributed by atoms with Gasteiger partial charge in [0.15, 0.2) is 0 Å². The third-order valence-electron chi connectivity index (χ3n) is 4.93. The summed E-state index contributed by atoms with van der Waals surface area (Å²) in [5.41, 5.74) is 5.96. The molecule has 122 valence electrons. The molecule has 4 aromatic rings. The highest BCUT2D eigenvalue weighted by molar-refractivity contribution is 6.13. The fourth-order valence-electron chi connectivity index (χ4n) is 3.75. The smallest absolute Gasteiger partial charge is 0.262 e. The molecule has 0 aliphatic rings. The number of benzene rings is 1. The van der Waals surface area contributed by atoms with E-state index in [1.165, 1.54) is 27.5 Å². The number of rotatable bonds is 3. The lowest BCUT2D eigenvalue weighted by molar-refractivity contribution is -0.580. The lowest BCUT2D eigenvalue weighted by atomic mass is 10.1. The van der Waals surface area contributed by atoms with Gasteiger partial charge in [0, 0.05) is 35.1 Å². The van der Waals surface area contributed by atoms with Crippen molar-refractivity contribution in [2.45, 2.75) is 26.7 Å². The molecule has 0 N–H and O–H groups in total. The number of ether oxygens (including phenoxy) is 1. The van der Waals surface area contributed by atoms with Crippen LogP contribution in [0.3, 0.4) is 0 Å². The van der Waals surface area contributed by atoms with Gasteiger partial charge in [0.1, 0.15) is 17.0 Å². The fourth-order valence-corrected chi connectivity index (χ4v) is 3.75. The minimum atomic E-state index is 0.901. The van der Waals surface area contributed by atoms with E-state index in [1.807, 2.05) is 16.6 Å². The Kier molecular flexibility index (Phi) is 3.41. The SMILES string of the molecule is CCc1cc2c3c(cc[n+]2nc1CC)c1cccc(OC)c1n3C. The maximum atomic E-state index is 5.59. The summed E-state index contributed by atoms with van der Waals surface area (Å²) in [6.07, 6.45) is 4.01. The second-order valence-corrected chi connectivity index (χ2v) is 6.15. The quantitative estimate of drug-likeness (QED) is 0.540. The van der Waals surface area contributed by atoms with Gasteiger partial charge in [-0.25, -0.2) is 0 Å².